The number of hydrogen-bond acceptors (Lipinski definition) is 7. The number of nitro groups is 1. The third-order valence-corrected chi connectivity index (χ3v) is 5.40. The number of carbonyl (C=O) groups is 1. The fourth-order valence-electron chi connectivity index (χ4n) is 2.96. The first-order valence-corrected chi connectivity index (χ1v) is 10.2. The van der Waals surface area contributed by atoms with Gasteiger partial charge < -0.3 is 4.57 Å². The van der Waals surface area contributed by atoms with Gasteiger partial charge in [0, 0.05) is 35.3 Å². The normalized spacial score (nSPS) is 11.1. The summed E-state index contributed by atoms with van der Waals surface area (Å²) in [5.74, 6) is -1.17. The number of amides is 1. The van der Waals surface area contributed by atoms with E-state index in [2.05, 4.69) is 15.5 Å². The van der Waals surface area contributed by atoms with Crippen molar-refractivity contribution in [2.24, 2.45) is 0 Å². The number of hydrogen-bond donors (Lipinski definition) is 1. The van der Waals surface area contributed by atoms with Crippen LogP contribution in [0.4, 0.5) is 15.2 Å². The van der Waals surface area contributed by atoms with Crippen LogP contribution in [0.3, 0.4) is 0 Å². The lowest BCUT2D eigenvalue weighted by molar-refractivity contribution is -0.384. The number of nitrogens with one attached hydrogen (secondary N) is 1. The molecule has 0 saturated heterocycles. The van der Waals surface area contributed by atoms with Crippen LogP contribution in [-0.4, -0.2) is 25.6 Å². The molecule has 2 heterocycles. The molecule has 4 aromatic rings. The molecule has 0 bridgehead atoms. The topological polar surface area (TPSA) is 127 Å². The Morgan fingerprint density at radius 3 is 2.61 bits per heavy atom. The van der Waals surface area contributed by atoms with E-state index >= 15 is 0 Å². The van der Waals surface area contributed by atoms with Crippen molar-refractivity contribution in [2.75, 3.05) is 5.32 Å². The third kappa shape index (κ3) is 4.65. The number of aromatic nitrogens is 3. The van der Waals surface area contributed by atoms with Crippen molar-refractivity contribution in [3.8, 4) is 22.3 Å². The molecule has 0 aliphatic heterocycles. The minimum absolute atomic E-state index is 0.0492. The summed E-state index contributed by atoms with van der Waals surface area (Å²) < 4.78 is 15.6. The van der Waals surface area contributed by atoms with Crippen LogP contribution >= 0.6 is 11.3 Å². The quantitative estimate of drug-likeness (QED) is 0.194. The van der Waals surface area contributed by atoms with Crippen molar-refractivity contribution >= 4 is 34.1 Å². The van der Waals surface area contributed by atoms with Crippen molar-refractivity contribution < 1.29 is 14.1 Å². The van der Waals surface area contributed by atoms with Gasteiger partial charge in [0.05, 0.1) is 4.92 Å². The van der Waals surface area contributed by atoms with Crippen LogP contribution in [0.1, 0.15) is 5.69 Å². The first-order chi connectivity index (χ1) is 16.0. The Hall–Kier alpha value is -4.69. The second-order valence-corrected chi connectivity index (χ2v) is 7.57. The molecule has 0 radical (unpaired) electrons. The maximum absolute atomic E-state index is 13.9. The molecule has 0 spiro atoms. The van der Waals surface area contributed by atoms with Gasteiger partial charge in [0.1, 0.15) is 17.5 Å². The number of rotatable bonds is 6. The van der Waals surface area contributed by atoms with Gasteiger partial charge >= 0.3 is 0 Å². The fourth-order valence-corrected chi connectivity index (χ4v) is 3.73. The fraction of sp³-hybridized carbons (Fsp3) is 0. The number of nitrogens with zero attached hydrogens (tertiary/aromatic N) is 5. The molecule has 0 atom stereocenters. The zero-order valence-corrected chi connectivity index (χ0v) is 17.5. The lowest BCUT2D eigenvalue weighted by atomic mass is 10.2. The number of nitro benzene ring substituents is 1. The summed E-state index contributed by atoms with van der Waals surface area (Å²) in [6.45, 7) is 0. The molecule has 0 fully saturated rings. The van der Waals surface area contributed by atoms with E-state index in [1.165, 1.54) is 24.3 Å². The highest BCUT2D eigenvalue weighted by atomic mass is 32.1. The summed E-state index contributed by atoms with van der Waals surface area (Å²) in [6, 6.07) is 17.2. The lowest BCUT2D eigenvalue weighted by Gasteiger charge is -2.07. The summed E-state index contributed by atoms with van der Waals surface area (Å²) in [7, 11) is 0. The van der Waals surface area contributed by atoms with Gasteiger partial charge in [-0.3, -0.25) is 20.2 Å². The van der Waals surface area contributed by atoms with Gasteiger partial charge in [-0.2, -0.15) is 5.26 Å². The summed E-state index contributed by atoms with van der Waals surface area (Å²) >= 11 is 0.977. The van der Waals surface area contributed by atoms with Crippen molar-refractivity contribution in [1.29, 1.82) is 5.26 Å². The highest BCUT2D eigenvalue weighted by Crippen LogP contribution is 2.28. The van der Waals surface area contributed by atoms with Crippen LogP contribution in [0.25, 0.3) is 22.3 Å². The van der Waals surface area contributed by atoms with Crippen molar-refractivity contribution in [2.45, 2.75) is 0 Å². The van der Waals surface area contributed by atoms with E-state index in [1.807, 2.05) is 6.07 Å². The van der Waals surface area contributed by atoms with Gasteiger partial charge in [-0.1, -0.05) is 23.5 Å². The Balaban J connectivity index is 1.55. The highest BCUT2D eigenvalue weighted by Gasteiger charge is 2.16. The van der Waals surface area contributed by atoms with E-state index in [0.717, 1.165) is 11.3 Å². The highest BCUT2D eigenvalue weighted by molar-refractivity contribution is 7.18. The molecule has 11 heteroatoms. The number of anilines is 1. The number of benzene rings is 2. The first kappa shape index (κ1) is 21.5. The number of non-ortho nitro benzene ring substituents is 1. The van der Waals surface area contributed by atoms with Crippen LogP contribution in [0.15, 0.2) is 72.4 Å². The van der Waals surface area contributed by atoms with Crippen molar-refractivity contribution in [1.82, 2.24) is 14.8 Å². The number of carbonyl (C=O) groups excluding carboxylic acids is 1. The second-order valence-electron chi connectivity index (χ2n) is 6.59. The number of halogens is 1. The summed E-state index contributed by atoms with van der Waals surface area (Å²) in [6.07, 6.45) is 3.08. The Morgan fingerprint density at radius 2 is 1.91 bits per heavy atom. The van der Waals surface area contributed by atoms with Crippen LogP contribution in [0.2, 0.25) is 0 Å². The standard InChI is InChI=1S/C22H13FN6O3S/c23-19-6-2-1-5-18(19)21-26-27-22(33-21)25-20(30)14(13-24)12-17-4-3-11-28(17)15-7-9-16(10-8-15)29(31)32/h1-12H,(H,25,27,30)/b14-12-. The van der Waals surface area contributed by atoms with E-state index in [0.29, 0.717) is 11.4 Å². The van der Waals surface area contributed by atoms with Gasteiger partial charge in [-0.15, -0.1) is 10.2 Å². The molecular weight excluding hydrogens is 447 g/mol. The molecule has 4 rings (SSSR count). The molecule has 9 nitrogen and oxygen atoms in total. The van der Waals surface area contributed by atoms with E-state index in [4.69, 9.17) is 0 Å². The minimum Gasteiger partial charge on any atom is -0.317 e. The summed E-state index contributed by atoms with van der Waals surface area (Å²) in [4.78, 5) is 23.0. The van der Waals surface area contributed by atoms with E-state index in [9.17, 15) is 24.6 Å². The van der Waals surface area contributed by atoms with Gasteiger partial charge in [0.15, 0.2) is 5.01 Å². The molecule has 0 aliphatic carbocycles. The van der Waals surface area contributed by atoms with E-state index in [1.54, 1.807) is 53.2 Å². The van der Waals surface area contributed by atoms with Crippen LogP contribution < -0.4 is 5.32 Å². The van der Waals surface area contributed by atoms with E-state index in [-0.39, 0.29) is 27.0 Å². The van der Waals surface area contributed by atoms with Crippen LogP contribution in [-0.2, 0) is 4.79 Å². The molecule has 0 aliphatic rings. The van der Waals surface area contributed by atoms with Crippen molar-refractivity contribution in [3.63, 3.8) is 0 Å². The Labute approximate surface area is 190 Å². The summed E-state index contributed by atoms with van der Waals surface area (Å²) in [5, 5.41) is 31.0. The molecule has 1 N–H and O–H groups in total. The smallest absolute Gasteiger partial charge is 0.269 e. The SMILES string of the molecule is N#C/C(=C/c1cccn1-c1ccc([N+](=O)[O-])cc1)C(=O)Nc1nnc(-c2ccccc2F)s1. The third-order valence-electron chi connectivity index (χ3n) is 4.53. The maximum atomic E-state index is 13.9. The predicted molar refractivity (Wildman–Crippen MR) is 120 cm³/mol. The zero-order chi connectivity index (χ0) is 23.4. The summed E-state index contributed by atoms with van der Waals surface area (Å²) in [5.41, 5.74) is 1.15. The monoisotopic (exact) mass is 460 g/mol. The van der Waals surface area contributed by atoms with Crippen LogP contribution in [0.5, 0.6) is 0 Å². The molecule has 0 unspecified atom stereocenters. The Morgan fingerprint density at radius 1 is 1.15 bits per heavy atom. The van der Waals surface area contributed by atoms with Gasteiger partial charge in [-0.25, -0.2) is 4.39 Å². The molecule has 33 heavy (non-hydrogen) atoms. The average Bonchev–Trinajstić information content (AvgIpc) is 3.47. The van der Waals surface area contributed by atoms with Crippen molar-refractivity contribution in [3.05, 3.63) is 94.1 Å². The van der Waals surface area contributed by atoms with Gasteiger partial charge in [-0.05, 0) is 42.5 Å². The minimum atomic E-state index is -0.704. The van der Waals surface area contributed by atoms with E-state index < -0.39 is 16.6 Å². The van der Waals surface area contributed by atoms with Crippen LogP contribution in [0, 0.1) is 27.3 Å². The molecule has 1 amide bonds. The van der Waals surface area contributed by atoms with Gasteiger partial charge in [0.25, 0.3) is 11.6 Å². The molecule has 2 aromatic carbocycles. The molecular formula is C22H13FN6O3S. The molecule has 162 valence electrons. The largest absolute Gasteiger partial charge is 0.317 e. The second kappa shape index (κ2) is 9.21. The lowest BCUT2D eigenvalue weighted by Crippen LogP contribution is -2.13. The average molecular weight is 460 g/mol. The maximum Gasteiger partial charge on any atom is 0.269 e. The predicted octanol–water partition coefficient (Wildman–Crippen LogP) is 4.59. The Kier molecular flexibility index (Phi) is 6.01. The zero-order valence-electron chi connectivity index (χ0n) is 16.7. The first-order valence-electron chi connectivity index (χ1n) is 9.40. The molecule has 2 aromatic heterocycles. The Bertz CT molecular complexity index is 1420. The number of nitriles is 1. The van der Waals surface area contributed by atoms with Gasteiger partial charge in [0.2, 0.25) is 5.13 Å². The molecule has 0 saturated carbocycles.